The quantitative estimate of drug-likeness (QED) is 0.527. The third-order valence-corrected chi connectivity index (χ3v) is 6.15. The normalized spacial score (nSPS) is 13.4. The van der Waals surface area contributed by atoms with Gasteiger partial charge in [-0.25, -0.2) is 14.4 Å². The van der Waals surface area contributed by atoms with Crippen molar-refractivity contribution in [2.75, 3.05) is 32.4 Å². The van der Waals surface area contributed by atoms with Crippen LogP contribution in [-0.4, -0.2) is 42.0 Å². The number of anilines is 1. The van der Waals surface area contributed by atoms with Crippen LogP contribution in [0.3, 0.4) is 0 Å². The number of aromatic nitrogens is 3. The van der Waals surface area contributed by atoms with Crippen LogP contribution in [0.5, 0.6) is 0 Å². The van der Waals surface area contributed by atoms with Crippen LogP contribution in [0.15, 0.2) is 30.5 Å². The van der Waals surface area contributed by atoms with Crippen LogP contribution in [0.25, 0.3) is 10.9 Å². The summed E-state index contributed by atoms with van der Waals surface area (Å²) in [7, 11) is -1.50. The number of benzene rings is 1. The van der Waals surface area contributed by atoms with E-state index in [4.69, 9.17) is 0 Å². The molecule has 0 aliphatic rings. The van der Waals surface area contributed by atoms with E-state index in [9.17, 15) is 13.3 Å². The first-order valence-corrected chi connectivity index (χ1v) is 12.2. The third kappa shape index (κ3) is 4.88. The van der Waals surface area contributed by atoms with Crippen LogP contribution < -0.4 is 10.8 Å². The number of nitrogens with one attached hydrogen (secondary N) is 1. The van der Waals surface area contributed by atoms with Gasteiger partial charge in [0, 0.05) is 18.1 Å². The van der Waals surface area contributed by atoms with Gasteiger partial charge >= 0.3 is 0 Å². The number of rotatable bonds is 7. The summed E-state index contributed by atoms with van der Waals surface area (Å²) < 4.78 is 60.5. The summed E-state index contributed by atoms with van der Waals surface area (Å²) in [6.07, 6.45) is 1.52. The minimum atomic E-state index is -3.46. The zero-order valence-corrected chi connectivity index (χ0v) is 18.8. The minimum Gasteiger partial charge on any atom is -0.378 e. The minimum absolute atomic E-state index is 0.0589. The van der Waals surface area contributed by atoms with E-state index in [1.165, 1.54) is 18.3 Å². The van der Waals surface area contributed by atoms with Crippen molar-refractivity contribution in [3.05, 3.63) is 53.2 Å². The molecule has 10 heteroatoms. The lowest BCUT2D eigenvalue weighted by Gasteiger charge is -2.21. The van der Waals surface area contributed by atoms with E-state index in [0.717, 1.165) is 13.2 Å². The van der Waals surface area contributed by atoms with Crippen molar-refractivity contribution in [2.45, 2.75) is 25.8 Å². The molecule has 2 aromatic heterocycles. The summed E-state index contributed by atoms with van der Waals surface area (Å²) in [5, 5.41) is 3.65. The van der Waals surface area contributed by atoms with Gasteiger partial charge in [0.1, 0.15) is 36.6 Å². The summed E-state index contributed by atoms with van der Waals surface area (Å²) in [5.41, 5.74) is 0.271. The van der Waals surface area contributed by atoms with Gasteiger partial charge in [0.2, 0.25) is 0 Å². The van der Waals surface area contributed by atoms with Gasteiger partial charge in [0.25, 0.3) is 5.92 Å². The Morgan fingerprint density at radius 2 is 1.97 bits per heavy atom. The Morgan fingerprint density at radius 3 is 2.61 bits per heavy atom. The predicted octanol–water partition coefficient (Wildman–Crippen LogP) is 4.63. The van der Waals surface area contributed by atoms with Gasteiger partial charge in [-0.05, 0) is 39.3 Å². The molecule has 1 N–H and O–H groups in total. The number of hydrogen-bond acceptors (Lipinski definition) is 6. The highest BCUT2D eigenvalue weighted by Gasteiger charge is 2.36. The number of aryl methyl sites for hydroxylation is 1. The molecule has 0 spiro atoms. The average molecular weight is 452 g/mol. The maximum Gasteiger partial charge on any atom is 0.298 e. The van der Waals surface area contributed by atoms with E-state index in [2.05, 4.69) is 25.0 Å². The number of hydrogen-bond donors (Lipinski definition) is 1. The van der Waals surface area contributed by atoms with Gasteiger partial charge < -0.3 is 14.6 Å². The molecule has 0 saturated heterocycles. The number of halogens is 3. The molecule has 6 nitrogen and oxygen atoms in total. The molecule has 1 atom stereocenters. The summed E-state index contributed by atoms with van der Waals surface area (Å²) >= 11 is 0. The largest absolute Gasteiger partial charge is 0.378 e. The third-order valence-electron chi connectivity index (χ3n) is 4.80. The van der Waals surface area contributed by atoms with Gasteiger partial charge in [-0.2, -0.15) is 8.78 Å². The Morgan fingerprint density at radius 1 is 1.26 bits per heavy atom. The first-order valence-electron chi connectivity index (χ1n) is 9.56. The molecule has 1 aromatic carbocycles. The fraction of sp³-hybridized carbons (Fsp3) is 0.381. The zero-order valence-electron chi connectivity index (χ0n) is 17.9. The molecule has 3 aromatic rings. The molecule has 166 valence electrons. The Balaban J connectivity index is 2.04. The highest BCUT2D eigenvalue weighted by molar-refractivity contribution is 7.69. The van der Waals surface area contributed by atoms with Crippen molar-refractivity contribution in [3.63, 3.8) is 0 Å². The molecular formula is C21H24F3N4O2P. The number of ether oxygens (including phenoxy) is 1. The summed E-state index contributed by atoms with van der Waals surface area (Å²) in [5.74, 6) is -3.64. The summed E-state index contributed by atoms with van der Waals surface area (Å²) in [6, 6.07) is 4.82. The summed E-state index contributed by atoms with van der Waals surface area (Å²) in [6.45, 7) is 5.63. The van der Waals surface area contributed by atoms with Crippen molar-refractivity contribution < 1.29 is 22.5 Å². The van der Waals surface area contributed by atoms with Gasteiger partial charge in [-0.3, -0.25) is 4.98 Å². The molecule has 2 heterocycles. The molecule has 1 unspecified atom stereocenters. The van der Waals surface area contributed by atoms with Crippen LogP contribution in [-0.2, 0) is 15.2 Å². The van der Waals surface area contributed by atoms with Gasteiger partial charge in [-0.15, -0.1) is 0 Å². The highest BCUT2D eigenvalue weighted by Crippen LogP contribution is 2.36. The van der Waals surface area contributed by atoms with Crippen LogP contribution in [0.4, 0.5) is 19.0 Å². The van der Waals surface area contributed by atoms with Crippen LogP contribution >= 0.6 is 7.14 Å². The molecule has 31 heavy (non-hydrogen) atoms. The molecule has 0 aliphatic heterocycles. The van der Waals surface area contributed by atoms with Crippen molar-refractivity contribution in [1.82, 2.24) is 15.0 Å². The zero-order chi connectivity index (χ0) is 23.0. The number of nitrogens with zero attached hydrogens (tertiary/aromatic N) is 3. The fourth-order valence-corrected chi connectivity index (χ4v) is 4.03. The second kappa shape index (κ2) is 8.55. The van der Waals surface area contributed by atoms with E-state index < -0.39 is 37.1 Å². The topological polar surface area (TPSA) is 77.0 Å². The van der Waals surface area contributed by atoms with E-state index in [-0.39, 0.29) is 5.56 Å². The lowest BCUT2D eigenvalue weighted by atomic mass is 10.00. The molecule has 0 bridgehead atoms. The van der Waals surface area contributed by atoms with Crippen molar-refractivity contribution in [2.24, 2.45) is 0 Å². The Hall–Kier alpha value is -2.51. The highest BCUT2D eigenvalue weighted by atomic mass is 31.2. The second-order valence-electron chi connectivity index (χ2n) is 7.74. The molecule has 0 radical (unpaired) electrons. The maximum atomic E-state index is 15.0. The second-order valence-corrected chi connectivity index (χ2v) is 10.9. The lowest BCUT2D eigenvalue weighted by Crippen LogP contribution is -2.23. The Bertz CT molecular complexity index is 1170. The van der Waals surface area contributed by atoms with Crippen LogP contribution in [0, 0.1) is 12.7 Å². The van der Waals surface area contributed by atoms with Crippen molar-refractivity contribution in [1.29, 1.82) is 0 Å². The van der Waals surface area contributed by atoms with Gasteiger partial charge in [-0.1, -0.05) is 12.1 Å². The standard InChI is InChI=1S/C21H24F3N4O2P/c1-12(14-7-6-8-16(19(14)22)21(23,24)11-30-3)26-20-15-9-18(31(4,5)29)25-10-17(15)27-13(2)28-20/h6-10,12H,11H2,1-5H3,(H,26,27,28). The molecule has 3 rings (SSSR count). The Kier molecular flexibility index (Phi) is 6.39. The molecule has 0 saturated carbocycles. The predicted molar refractivity (Wildman–Crippen MR) is 115 cm³/mol. The van der Waals surface area contributed by atoms with Crippen LogP contribution in [0.2, 0.25) is 0 Å². The molecular weight excluding hydrogens is 428 g/mol. The lowest BCUT2D eigenvalue weighted by molar-refractivity contribution is -0.0722. The van der Waals surface area contributed by atoms with E-state index in [0.29, 0.717) is 28.0 Å². The van der Waals surface area contributed by atoms with E-state index in [1.54, 1.807) is 33.2 Å². The SMILES string of the molecule is COCC(F)(F)c1cccc(C(C)Nc2nc(C)nc3cnc(P(C)(C)=O)cc23)c1F. The van der Waals surface area contributed by atoms with Crippen molar-refractivity contribution in [3.8, 4) is 0 Å². The van der Waals surface area contributed by atoms with Crippen LogP contribution in [0.1, 0.15) is 29.9 Å². The monoisotopic (exact) mass is 452 g/mol. The molecule has 0 aliphatic carbocycles. The van der Waals surface area contributed by atoms with Gasteiger partial charge in [0.15, 0.2) is 0 Å². The summed E-state index contributed by atoms with van der Waals surface area (Å²) in [4.78, 5) is 13.0. The maximum absolute atomic E-state index is 15.0. The van der Waals surface area contributed by atoms with E-state index >= 15 is 4.39 Å². The first-order chi connectivity index (χ1) is 14.4. The molecule has 0 amide bonds. The van der Waals surface area contributed by atoms with Gasteiger partial charge in [0.05, 0.1) is 23.3 Å². The number of methoxy groups -OCH3 is 1. The van der Waals surface area contributed by atoms with Crippen molar-refractivity contribution >= 4 is 29.3 Å². The number of fused-ring (bicyclic) bond motifs is 1. The average Bonchev–Trinajstić information content (AvgIpc) is 2.66. The smallest absolute Gasteiger partial charge is 0.298 e. The first kappa shape index (κ1) is 23.2. The molecule has 0 fully saturated rings. The van der Waals surface area contributed by atoms with E-state index in [1.807, 2.05) is 0 Å². The Labute approximate surface area is 178 Å². The number of pyridine rings is 1. The fourth-order valence-electron chi connectivity index (χ4n) is 3.25. The number of alkyl halides is 2.